The monoisotopic (exact) mass is 690 g/mol. The number of hydrogen-bond acceptors (Lipinski definition) is 6. The van der Waals surface area contributed by atoms with E-state index in [-0.39, 0.29) is 41.2 Å². The number of carbonyl (C=O) groups is 4. The summed E-state index contributed by atoms with van der Waals surface area (Å²) in [6.45, 7) is 11.6. The molecule has 0 fully saturated rings. The number of nitrogens with zero attached hydrogens (tertiary/aromatic N) is 1. The van der Waals surface area contributed by atoms with Gasteiger partial charge in [-0.05, 0) is 61.8 Å². The first-order chi connectivity index (χ1) is 23.6. The minimum Gasteiger partial charge on any atom is -0.619 e. The molecular weight excluding hydrogens is 639 g/mol. The van der Waals surface area contributed by atoms with Crippen LogP contribution in [0, 0.1) is 16.4 Å². The fraction of sp³-hybridized carbons (Fsp3) is 0.447. The predicted molar refractivity (Wildman–Crippen MR) is 190 cm³/mol. The summed E-state index contributed by atoms with van der Waals surface area (Å²) in [5.74, 6) is -1.99. The fourth-order valence-electron chi connectivity index (χ4n) is 5.42. The first-order valence-corrected chi connectivity index (χ1v) is 17.1. The van der Waals surface area contributed by atoms with Gasteiger partial charge >= 0.3 is 0 Å². The summed E-state index contributed by atoms with van der Waals surface area (Å²) in [5.41, 5.74) is 1.65. The fourth-order valence-corrected chi connectivity index (χ4v) is 5.42. The van der Waals surface area contributed by atoms with Gasteiger partial charge in [-0.3, -0.25) is 19.2 Å². The molecule has 0 aliphatic heterocycles. The van der Waals surface area contributed by atoms with E-state index in [0.29, 0.717) is 30.4 Å². The molecule has 0 radical (unpaired) electrons. The lowest BCUT2D eigenvalue weighted by molar-refractivity contribution is -0.605. The smallest absolute Gasteiger partial charge is 0.252 e. The Morgan fingerprint density at radius 3 is 2.02 bits per heavy atom. The lowest BCUT2D eigenvalue weighted by atomic mass is 9.87. The number of amides is 4. The van der Waals surface area contributed by atoms with Crippen LogP contribution in [0.3, 0.4) is 0 Å². The molecule has 0 aliphatic carbocycles. The maximum atomic E-state index is 13.8. The number of nitrogens with one attached hydrogen (secondary N) is 5. The van der Waals surface area contributed by atoms with Crippen LogP contribution in [0.15, 0.2) is 79.1 Å². The van der Waals surface area contributed by atoms with Crippen LogP contribution >= 0.6 is 0 Å². The number of pyridine rings is 1. The summed E-state index contributed by atoms with van der Waals surface area (Å²) in [6, 6.07) is 15.1. The Kier molecular flexibility index (Phi) is 14.9. The molecule has 3 aromatic rings. The average molecular weight is 691 g/mol. The quantitative estimate of drug-likeness (QED) is 0.107. The molecule has 50 heavy (non-hydrogen) atoms. The van der Waals surface area contributed by atoms with Crippen molar-refractivity contribution in [3.05, 3.63) is 107 Å². The van der Waals surface area contributed by atoms with E-state index in [0.717, 1.165) is 11.1 Å². The number of benzene rings is 2. The second-order valence-electron chi connectivity index (χ2n) is 13.9. The Bertz CT molecular complexity index is 1550. The highest BCUT2D eigenvalue weighted by molar-refractivity contribution is 5.98. The Morgan fingerprint density at radius 1 is 0.800 bits per heavy atom. The molecular formula is C38H51FN6O5. The van der Waals surface area contributed by atoms with E-state index < -0.39 is 36.0 Å². The topological polar surface area (TPSA) is 155 Å². The molecule has 270 valence electrons. The van der Waals surface area contributed by atoms with Gasteiger partial charge < -0.3 is 31.8 Å². The summed E-state index contributed by atoms with van der Waals surface area (Å²) >= 11 is 0. The molecule has 1 aromatic heterocycles. The van der Waals surface area contributed by atoms with Gasteiger partial charge in [0.2, 0.25) is 17.7 Å². The van der Waals surface area contributed by atoms with Crippen LogP contribution in [0.2, 0.25) is 0 Å². The molecule has 0 aliphatic rings. The van der Waals surface area contributed by atoms with Crippen molar-refractivity contribution < 1.29 is 28.3 Å². The van der Waals surface area contributed by atoms with Crippen LogP contribution in [0.5, 0.6) is 0 Å². The van der Waals surface area contributed by atoms with E-state index in [1.54, 1.807) is 19.1 Å². The maximum absolute atomic E-state index is 13.8. The number of hydrogen-bond donors (Lipinski definition) is 5. The highest BCUT2D eigenvalue weighted by Gasteiger charge is 2.31. The summed E-state index contributed by atoms with van der Waals surface area (Å²) in [4.78, 5) is 53.5. The third-order valence-electron chi connectivity index (χ3n) is 8.18. The number of halogens is 1. The zero-order chi connectivity index (χ0) is 36.8. The van der Waals surface area contributed by atoms with Crippen molar-refractivity contribution in [1.82, 2.24) is 26.6 Å². The molecule has 2 aromatic carbocycles. The van der Waals surface area contributed by atoms with Gasteiger partial charge in [0, 0.05) is 24.7 Å². The van der Waals surface area contributed by atoms with Crippen LogP contribution in [0.25, 0.3) is 0 Å². The first-order valence-electron chi connectivity index (χ1n) is 17.1. The van der Waals surface area contributed by atoms with Gasteiger partial charge in [-0.15, -0.1) is 0 Å². The van der Waals surface area contributed by atoms with Crippen LogP contribution in [0.1, 0.15) is 88.3 Å². The van der Waals surface area contributed by atoms with Crippen molar-refractivity contribution in [3.8, 4) is 0 Å². The summed E-state index contributed by atoms with van der Waals surface area (Å²) in [7, 11) is 0. The normalized spacial score (nSPS) is 14.4. The van der Waals surface area contributed by atoms with Gasteiger partial charge in [-0.25, -0.2) is 4.39 Å². The van der Waals surface area contributed by atoms with Gasteiger partial charge in [0.15, 0.2) is 12.4 Å². The summed E-state index contributed by atoms with van der Waals surface area (Å²) in [6.07, 6.45) is 4.16. The third kappa shape index (κ3) is 13.2. The molecule has 0 unspecified atom stereocenters. The highest BCUT2D eigenvalue weighted by Crippen LogP contribution is 2.21. The largest absolute Gasteiger partial charge is 0.619 e. The summed E-state index contributed by atoms with van der Waals surface area (Å²) < 4.78 is 13.9. The molecule has 0 saturated carbocycles. The number of carbonyl (C=O) groups excluding carboxylic acids is 4. The van der Waals surface area contributed by atoms with E-state index in [4.69, 9.17) is 0 Å². The standard InChI is InChI=1S/C38H51FN6O5/c1-7-11-32(43-37(49)33(23-38(4,5)6)44-35(47)29-18-20-45(50)21-19-29)36(48)42-31(22-27-12-9-8-10-13-27)24-40-26(3)34(46)41-25(2)28-14-16-30(39)17-15-28/h8-10,12-21,25-26,31-33,40H,7,11,22-24H2,1-6H3,(H,41,46)(H,42,48)(H,43,49)(H,44,47)/t25-,26+,31+,32+,33+/m1/s1. The lowest BCUT2D eigenvalue weighted by Gasteiger charge is -2.29. The Hall–Kier alpha value is -4.84. The van der Waals surface area contributed by atoms with E-state index in [1.807, 2.05) is 65.0 Å². The van der Waals surface area contributed by atoms with Crippen molar-refractivity contribution >= 4 is 23.6 Å². The molecule has 0 spiro atoms. The van der Waals surface area contributed by atoms with Gasteiger partial charge in [-0.2, -0.15) is 4.73 Å². The van der Waals surface area contributed by atoms with Crippen molar-refractivity contribution in [2.75, 3.05) is 6.54 Å². The second kappa shape index (κ2) is 18.8. The zero-order valence-electron chi connectivity index (χ0n) is 29.8. The number of aromatic nitrogens is 1. The van der Waals surface area contributed by atoms with Crippen LogP contribution in [0.4, 0.5) is 4.39 Å². The lowest BCUT2D eigenvalue weighted by Crippen LogP contribution is -2.57. The zero-order valence-corrected chi connectivity index (χ0v) is 29.8. The van der Waals surface area contributed by atoms with Gasteiger partial charge in [0.05, 0.1) is 17.6 Å². The van der Waals surface area contributed by atoms with E-state index in [1.165, 1.54) is 36.7 Å². The van der Waals surface area contributed by atoms with Crippen LogP contribution in [-0.2, 0) is 20.8 Å². The Morgan fingerprint density at radius 2 is 1.42 bits per heavy atom. The van der Waals surface area contributed by atoms with E-state index in [2.05, 4.69) is 26.6 Å². The first kappa shape index (κ1) is 39.6. The second-order valence-corrected chi connectivity index (χ2v) is 13.9. The van der Waals surface area contributed by atoms with E-state index >= 15 is 0 Å². The van der Waals surface area contributed by atoms with Gasteiger partial charge in [0.25, 0.3) is 5.91 Å². The average Bonchev–Trinajstić information content (AvgIpc) is 3.06. The van der Waals surface area contributed by atoms with E-state index in [9.17, 15) is 28.8 Å². The molecule has 1 heterocycles. The number of rotatable bonds is 17. The van der Waals surface area contributed by atoms with Crippen molar-refractivity contribution in [2.24, 2.45) is 5.41 Å². The highest BCUT2D eigenvalue weighted by atomic mass is 19.1. The Labute approximate surface area is 294 Å². The summed E-state index contributed by atoms with van der Waals surface area (Å²) in [5, 5.41) is 26.3. The molecule has 4 amide bonds. The van der Waals surface area contributed by atoms with Crippen molar-refractivity contribution in [1.29, 1.82) is 0 Å². The molecule has 5 N–H and O–H groups in total. The molecule has 11 nitrogen and oxygen atoms in total. The van der Waals surface area contributed by atoms with Crippen LogP contribution in [-0.4, -0.2) is 54.3 Å². The van der Waals surface area contributed by atoms with Crippen LogP contribution < -0.4 is 31.3 Å². The molecule has 0 bridgehead atoms. The maximum Gasteiger partial charge on any atom is 0.252 e. The Balaban J connectivity index is 1.70. The van der Waals surface area contributed by atoms with Crippen molar-refractivity contribution in [2.45, 2.75) is 97.4 Å². The van der Waals surface area contributed by atoms with Gasteiger partial charge in [-0.1, -0.05) is 76.6 Å². The molecule has 3 rings (SSSR count). The minimum absolute atomic E-state index is 0.232. The van der Waals surface area contributed by atoms with Crippen molar-refractivity contribution in [3.63, 3.8) is 0 Å². The SMILES string of the molecule is CCC[C@H](NC(=O)[C@H](CC(C)(C)C)NC(=O)c1cc[n+]([O-])cc1)C(=O)N[C@H](CN[C@@H](C)C(=O)N[C@H](C)c1ccc(F)cc1)Cc1ccccc1. The predicted octanol–water partition coefficient (Wildman–Crippen LogP) is 3.86. The third-order valence-corrected chi connectivity index (χ3v) is 8.18. The minimum atomic E-state index is -0.937. The van der Waals surface area contributed by atoms with Gasteiger partial charge in [0.1, 0.15) is 17.9 Å². The molecule has 12 heteroatoms. The molecule has 0 saturated heterocycles. The molecule has 5 atom stereocenters.